The average Bonchev–Trinajstić information content (AvgIpc) is 3.24. The first-order valence-electron chi connectivity index (χ1n) is 8.58. The number of hydrogen-bond donors (Lipinski definition) is 1. The number of ether oxygens (including phenoxy) is 1. The topological polar surface area (TPSA) is 89.2 Å². The maximum atomic E-state index is 12.1. The zero-order valence-corrected chi connectivity index (χ0v) is 14.1. The summed E-state index contributed by atoms with van der Waals surface area (Å²) in [5, 5.41) is 7.18. The lowest BCUT2D eigenvalue weighted by Gasteiger charge is -2.31. The van der Waals surface area contributed by atoms with Crippen LogP contribution in [-0.2, 0) is 17.7 Å². The third-order valence-electron chi connectivity index (χ3n) is 4.54. The van der Waals surface area contributed by atoms with Crippen molar-refractivity contribution in [3.8, 4) is 0 Å². The van der Waals surface area contributed by atoms with Crippen LogP contribution in [0.5, 0.6) is 0 Å². The number of morpholine rings is 1. The third-order valence-corrected chi connectivity index (χ3v) is 4.54. The van der Waals surface area contributed by atoms with Crippen molar-refractivity contribution in [1.82, 2.24) is 24.6 Å². The molecule has 0 radical (unpaired) electrons. The van der Waals surface area contributed by atoms with E-state index in [1.165, 1.54) is 0 Å². The number of aromatic amines is 1. The maximum Gasteiger partial charge on any atom is 0.419 e. The minimum atomic E-state index is -0.312. The second-order valence-corrected chi connectivity index (χ2v) is 6.14. The Kier molecular flexibility index (Phi) is 4.37. The Bertz CT molecular complexity index is 912. The van der Waals surface area contributed by atoms with Gasteiger partial charge in [-0.1, -0.05) is 19.1 Å². The number of para-hydroxylation sites is 2. The Morgan fingerprint density at radius 1 is 1.32 bits per heavy atom. The summed E-state index contributed by atoms with van der Waals surface area (Å²) in [4.78, 5) is 18.8. The standard InChI is InChI=1S/C17H21N5O3/c1-2-15-18-16(20-19-15)14-11-21(9-10-24-14)7-8-22-12-5-3-4-6-13(12)25-17(22)23/h3-6,14H,2,7-11H2,1H3,(H,18,19,20)/t14-/m0/s1. The molecule has 25 heavy (non-hydrogen) atoms. The first kappa shape index (κ1) is 16.0. The van der Waals surface area contributed by atoms with Crippen molar-refractivity contribution in [2.24, 2.45) is 0 Å². The fourth-order valence-corrected chi connectivity index (χ4v) is 3.14. The Morgan fingerprint density at radius 2 is 2.20 bits per heavy atom. The number of oxazole rings is 1. The summed E-state index contributed by atoms with van der Waals surface area (Å²) >= 11 is 0. The van der Waals surface area contributed by atoms with Crippen LogP contribution in [0.2, 0.25) is 0 Å². The second kappa shape index (κ2) is 6.81. The lowest BCUT2D eigenvalue weighted by Crippen LogP contribution is -2.40. The number of aryl methyl sites for hydroxylation is 1. The Labute approximate surface area is 144 Å². The molecule has 1 aliphatic heterocycles. The van der Waals surface area contributed by atoms with Crippen molar-refractivity contribution in [2.45, 2.75) is 26.0 Å². The van der Waals surface area contributed by atoms with Crippen LogP contribution in [0.4, 0.5) is 0 Å². The molecule has 1 saturated heterocycles. The van der Waals surface area contributed by atoms with Gasteiger partial charge in [0.05, 0.1) is 12.1 Å². The van der Waals surface area contributed by atoms with Gasteiger partial charge in [-0.05, 0) is 12.1 Å². The number of aromatic nitrogens is 4. The van der Waals surface area contributed by atoms with Crippen LogP contribution in [0.3, 0.4) is 0 Å². The fraction of sp³-hybridized carbons (Fsp3) is 0.471. The van der Waals surface area contributed by atoms with E-state index in [2.05, 4.69) is 20.1 Å². The molecule has 132 valence electrons. The quantitative estimate of drug-likeness (QED) is 0.752. The van der Waals surface area contributed by atoms with Gasteiger partial charge in [-0.2, -0.15) is 5.10 Å². The number of fused-ring (bicyclic) bond motifs is 1. The molecule has 1 aromatic carbocycles. The minimum absolute atomic E-state index is 0.136. The summed E-state index contributed by atoms with van der Waals surface area (Å²) < 4.78 is 12.8. The molecule has 0 bridgehead atoms. The molecule has 0 spiro atoms. The van der Waals surface area contributed by atoms with E-state index in [0.29, 0.717) is 31.1 Å². The SMILES string of the molecule is CCc1nc([C@@H]2CN(CCn3c(=O)oc4ccccc43)CCO2)n[nH]1. The largest absolute Gasteiger partial charge is 0.419 e. The summed E-state index contributed by atoms with van der Waals surface area (Å²) in [7, 11) is 0. The Balaban J connectivity index is 1.44. The molecule has 8 heteroatoms. The zero-order chi connectivity index (χ0) is 17.2. The zero-order valence-electron chi connectivity index (χ0n) is 14.1. The molecular weight excluding hydrogens is 322 g/mol. The third kappa shape index (κ3) is 3.22. The summed E-state index contributed by atoms with van der Waals surface area (Å²) in [5.74, 6) is 1.26. The highest BCUT2D eigenvalue weighted by Gasteiger charge is 2.25. The van der Waals surface area contributed by atoms with Gasteiger partial charge in [0.25, 0.3) is 0 Å². The highest BCUT2D eigenvalue weighted by Crippen LogP contribution is 2.19. The summed E-state index contributed by atoms with van der Waals surface area (Å²) in [6.45, 7) is 5.52. The highest BCUT2D eigenvalue weighted by atomic mass is 16.5. The van der Waals surface area contributed by atoms with Crippen molar-refractivity contribution in [2.75, 3.05) is 26.2 Å². The molecule has 8 nitrogen and oxygen atoms in total. The number of benzene rings is 1. The number of nitrogens with zero attached hydrogens (tertiary/aromatic N) is 4. The predicted molar refractivity (Wildman–Crippen MR) is 91.4 cm³/mol. The number of hydrogen-bond acceptors (Lipinski definition) is 6. The maximum absolute atomic E-state index is 12.1. The molecule has 3 aromatic rings. The van der Waals surface area contributed by atoms with E-state index in [-0.39, 0.29) is 11.9 Å². The van der Waals surface area contributed by atoms with Gasteiger partial charge < -0.3 is 9.15 Å². The van der Waals surface area contributed by atoms with E-state index in [0.717, 1.165) is 30.9 Å². The van der Waals surface area contributed by atoms with E-state index in [9.17, 15) is 4.79 Å². The molecule has 0 aliphatic carbocycles. The van der Waals surface area contributed by atoms with Gasteiger partial charge >= 0.3 is 5.76 Å². The molecule has 0 unspecified atom stereocenters. The van der Waals surface area contributed by atoms with Gasteiger partial charge in [-0.3, -0.25) is 14.6 Å². The Morgan fingerprint density at radius 3 is 3.04 bits per heavy atom. The van der Waals surface area contributed by atoms with E-state index in [1.807, 2.05) is 31.2 Å². The number of H-pyrrole nitrogens is 1. The molecule has 1 atom stereocenters. The smallest absolute Gasteiger partial charge is 0.408 e. The van der Waals surface area contributed by atoms with E-state index in [4.69, 9.17) is 9.15 Å². The van der Waals surface area contributed by atoms with Gasteiger partial charge in [0.2, 0.25) is 0 Å². The van der Waals surface area contributed by atoms with Gasteiger partial charge in [-0.15, -0.1) is 0 Å². The van der Waals surface area contributed by atoms with E-state index >= 15 is 0 Å². The summed E-state index contributed by atoms with van der Waals surface area (Å²) in [5.41, 5.74) is 1.46. The average molecular weight is 343 g/mol. The van der Waals surface area contributed by atoms with E-state index in [1.54, 1.807) is 4.57 Å². The van der Waals surface area contributed by atoms with Crippen molar-refractivity contribution in [3.63, 3.8) is 0 Å². The Hall–Kier alpha value is -2.45. The molecule has 1 N–H and O–H groups in total. The van der Waals surface area contributed by atoms with Crippen LogP contribution >= 0.6 is 0 Å². The van der Waals surface area contributed by atoms with Crippen LogP contribution in [0, 0.1) is 0 Å². The minimum Gasteiger partial charge on any atom is -0.408 e. The molecule has 2 aromatic heterocycles. The number of nitrogens with one attached hydrogen (secondary N) is 1. The first-order chi connectivity index (χ1) is 12.2. The normalized spacial score (nSPS) is 18.8. The van der Waals surface area contributed by atoms with Crippen LogP contribution in [0.25, 0.3) is 11.1 Å². The molecule has 0 amide bonds. The van der Waals surface area contributed by atoms with Crippen LogP contribution < -0.4 is 5.76 Å². The van der Waals surface area contributed by atoms with Crippen molar-refractivity contribution < 1.29 is 9.15 Å². The summed E-state index contributed by atoms with van der Waals surface area (Å²) in [6, 6.07) is 7.49. The first-order valence-corrected chi connectivity index (χ1v) is 8.58. The fourth-order valence-electron chi connectivity index (χ4n) is 3.14. The van der Waals surface area contributed by atoms with Crippen LogP contribution in [0.15, 0.2) is 33.5 Å². The van der Waals surface area contributed by atoms with Gasteiger partial charge in [-0.25, -0.2) is 9.78 Å². The van der Waals surface area contributed by atoms with Crippen molar-refractivity contribution in [1.29, 1.82) is 0 Å². The van der Waals surface area contributed by atoms with Crippen molar-refractivity contribution >= 4 is 11.1 Å². The molecule has 4 rings (SSSR count). The summed E-state index contributed by atoms with van der Waals surface area (Å²) in [6.07, 6.45) is 0.683. The second-order valence-electron chi connectivity index (χ2n) is 6.14. The van der Waals surface area contributed by atoms with E-state index < -0.39 is 0 Å². The van der Waals surface area contributed by atoms with Gasteiger partial charge in [0.1, 0.15) is 11.9 Å². The highest BCUT2D eigenvalue weighted by molar-refractivity contribution is 5.72. The molecule has 3 heterocycles. The van der Waals surface area contributed by atoms with Gasteiger partial charge in [0.15, 0.2) is 11.4 Å². The lowest BCUT2D eigenvalue weighted by atomic mass is 10.2. The molecule has 1 fully saturated rings. The molecular formula is C17H21N5O3. The molecule has 1 aliphatic rings. The van der Waals surface area contributed by atoms with Crippen LogP contribution in [-0.4, -0.2) is 50.9 Å². The number of rotatable bonds is 5. The lowest BCUT2D eigenvalue weighted by molar-refractivity contribution is -0.0350. The van der Waals surface area contributed by atoms with Crippen molar-refractivity contribution in [3.05, 3.63) is 46.5 Å². The molecule has 0 saturated carbocycles. The van der Waals surface area contributed by atoms with Crippen LogP contribution in [0.1, 0.15) is 24.7 Å². The predicted octanol–water partition coefficient (Wildman–Crippen LogP) is 1.35. The monoisotopic (exact) mass is 343 g/mol. The van der Waals surface area contributed by atoms with Gasteiger partial charge in [0, 0.05) is 32.6 Å².